The van der Waals surface area contributed by atoms with E-state index in [4.69, 9.17) is 16.3 Å². The normalized spacial score (nSPS) is 19.3. The third-order valence-corrected chi connectivity index (χ3v) is 5.35. The molecule has 1 aliphatic heterocycles. The Kier molecular flexibility index (Phi) is 5.04. The number of hydrogen-bond acceptors (Lipinski definition) is 5. The summed E-state index contributed by atoms with van der Waals surface area (Å²) in [6.07, 6.45) is 8.82. The van der Waals surface area contributed by atoms with Gasteiger partial charge in [0.25, 0.3) is 0 Å². The van der Waals surface area contributed by atoms with Gasteiger partial charge in [-0.3, -0.25) is 4.90 Å². The molecule has 1 saturated carbocycles. The lowest BCUT2D eigenvalue weighted by molar-refractivity contribution is 0.136. The average molecular weight is 359 g/mol. The highest BCUT2D eigenvalue weighted by Gasteiger charge is 2.26. The summed E-state index contributed by atoms with van der Waals surface area (Å²) >= 11 is 5.88. The second-order valence-electron chi connectivity index (χ2n) is 6.73. The molecule has 0 atom stereocenters. The van der Waals surface area contributed by atoms with E-state index in [-0.39, 0.29) is 0 Å². The van der Waals surface area contributed by atoms with Crippen molar-refractivity contribution in [3.8, 4) is 11.6 Å². The van der Waals surface area contributed by atoms with Gasteiger partial charge in [0, 0.05) is 37.2 Å². The van der Waals surface area contributed by atoms with Gasteiger partial charge in [-0.2, -0.15) is 0 Å². The van der Waals surface area contributed by atoms with Crippen LogP contribution in [0.4, 0.5) is 5.82 Å². The molecule has 2 aliphatic rings. The van der Waals surface area contributed by atoms with Crippen LogP contribution >= 0.6 is 11.6 Å². The number of hydrogen-bond donors (Lipinski definition) is 0. The molecule has 0 radical (unpaired) electrons. The highest BCUT2D eigenvalue weighted by Crippen LogP contribution is 2.26. The minimum absolute atomic E-state index is 0.497. The van der Waals surface area contributed by atoms with Gasteiger partial charge in [-0.25, -0.2) is 9.97 Å². The molecule has 132 valence electrons. The van der Waals surface area contributed by atoms with Gasteiger partial charge in [0.2, 0.25) is 5.88 Å². The molecular weight excluding hydrogens is 336 g/mol. The summed E-state index contributed by atoms with van der Waals surface area (Å²) in [7, 11) is 0. The zero-order valence-electron chi connectivity index (χ0n) is 14.3. The molecule has 0 amide bonds. The Balaban J connectivity index is 1.37. The Morgan fingerprint density at radius 3 is 2.44 bits per heavy atom. The van der Waals surface area contributed by atoms with Crippen LogP contribution in [0.2, 0.25) is 5.02 Å². The zero-order chi connectivity index (χ0) is 17.1. The first kappa shape index (κ1) is 16.6. The highest BCUT2D eigenvalue weighted by molar-refractivity contribution is 6.30. The highest BCUT2D eigenvalue weighted by atomic mass is 35.5. The second kappa shape index (κ2) is 7.58. The van der Waals surface area contributed by atoms with Gasteiger partial charge in [-0.15, -0.1) is 0 Å². The van der Waals surface area contributed by atoms with Crippen LogP contribution in [0.1, 0.15) is 25.7 Å². The van der Waals surface area contributed by atoms with Crippen LogP contribution in [0, 0.1) is 0 Å². The molecule has 0 bridgehead atoms. The van der Waals surface area contributed by atoms with Crippen molar-refractivity contribution in [3.63, 3.8) is 0 Å². The Morgan fingerprint density at radius 2 is 1.76 bits per heavy atom. The number of aromatic nitrogens is 2. The van der Waals surface area contributed by atoms with Crippen molar-refractivity contribution in [2.45, 2.75) is 31.7 Å². The van der Waals surface area contributed by atoms with E-state index >= 15 is 0 Å². The number of nitrogens with zero attached hydrogens (tertiary/aromatic N) is 4. The summed E-state index contributed by atoms with van der Waals surface area (Å²) in [4.78, 5) is 13.9. The van der Waals surface area contributed by atoms with Crippen LogP contribution in [0.25, 0.3) is 0 Å². The number of ether oxygens (including phenoxy) is 1. The van der Waals surface area contributed by atoms with Crippen molar-refractivity contribution in [2.24, 2.45) is 0 Å². The van der Waals surface area contributed by atoms with Crippen molar-refractivity contribution in [1.29, 1.82) is 0 Å². The van der Waals surface area contributed by atoms with E-state index in [0.717, 1.165) is 31.5 Å². The fourth-order valence-corrected chi connectivity index (χ4v) is 3.56. The van der Waals surface area contributed by atoms with Crippen molar-refractivity contribution >= 4 is 17.4 Å². The van der Waals surface area contributed by atoms with Crippen molar-refractivity contribution < 1.29 is 4.74 Å². The van der Waals surface area contributed by atoms with Gasteiger partial charge >= 0.3 is 0 Å². The van der Waals surface area contributed by atoms with Gasteiger partial charge < -0.3 is 9.64 Å². The van der Waals surface area contributed by atoms with E-state index in [0.29, 0.717) is 16.7 Å². The number of anilines is 1. The molecule has 25 heavy (non-hydrogen) atoms. The lowest BCUT2D eigenvalue weighted by Crippen LogP contribution is -2.42. The maximum Gasteiger partial charge on any atom is 0.237 e. The van der Waals surface area contributed by atoms with Crippen molar-refractivity contribution in [3.05, 3.63) is 41.7 Å². The summed E-state index contributed by atoms with van der Waals surface area (Å²) in [5.74, 6) is 2.13. The number of benzene rings is 1. The third kappa shape index (κ3) is 4.05. The van der Waals surface area contributed by atoms with Crippen LogP contribution in [0.15, 0.2) is 36.7 Å². The molecule has 2 heterocycles. The maximum atomic E-state index is 5.88. The van der Waals surface area contributed by atoms with E-state index in [1.54, 1.807) is 18.3 Å². The summed E-state index contributed by atoms with van der Waals surface area (Å²) in [6, 6.07) is 8.05. The Labute approximate surface area is 153 Å². The minimum Gasteiger partial charge on any atom is -0.438 e. The van der Waals surface area contributed by atoms with Crippen LogP contribution in [0.5, 0.6) is 11.6 Å². The minimum atomic E-state index is 0.497. The maximum absolute atomic E-state index is 5.88. The lowest BCUT2D eigenvalue weighted by Gasteiger charge is -2.36. The largest absolute Gasteiger partial charge is 0.438 e. The Morgan fingerprint density at radius 1 is 0.920 bits per heavy atom. The molecular formula is C19H23ClN4O. The standard InChI is InChI=1S/C19H23ClN4O/c20-15-5-7-17(8-6-15)25-19-14-21-18(13-22-19)24-10-2-9-23(11-12-24)16-3-1-4-16/h5-8,13-14,16H,1-4,9-12H2. The van der Waals surface area contributed by atoms with Crippen LogP contribution < -0.4 is 9.64 Å². The second-order valence-corrected chi connectivity index (χ2v) is 7.17. The molecule has 2 aromatic rings. The van der Waals surface area contributed by atoms with Crippen LogP contribution in [0.3, 0.4) is 0 Å². The first-order valence-electron chi connectivity index (χ1n) is 9.02. The molecule has 0 spiro atoms. The first-order valence-corrected chi connectivity index (χ1v) is 9.40. The summed E-state index contributed by atoms with van der Waals surface area (Å²) < 4.78 is 5.71. The molecule has 1 aromatic carbocycles. The Bertz CT molecular complexity index is 688. The molecule has 0 unspecified atom stereocenters. The molecule has 4 rings (SSSR count). The molecule has 1 aromatic heterocycles. The Hall–Kier alpha value is -1.85. The quantitative estimate of drug-likeness (QED) is 0.826. The van der Waals surface area contributed by atoms with E-state index < -0.39 is 0 Å². The van der Waals surface area contributed by atoms with Crippen LogP contribution in [-0.2, 0) is 0 Å². The summed E-state index contributed by atoms with van der Waals surface area (Å²) in [5, 5.41) is 0.686. The van der Waals surface area contributed by atoms with E-state index in [1.165, 1.54) is 32.2 Å². The topological polar surface area (TPSA) is 41.5 Å². The van der Waals surface area contributed by atoms with Crippen molar-refractivity contribution in [1.82, 2.24) is 14.9 Å². The SMILES string of the molecule is Clc1ccc(Oc2cnc(N3CCCN(C4CCC4)CC3)cn2)cc1. The van der Waals surface area contributed by atoms with Gasteiger partial charge in [0.05, 0.1) is 12.4 Å². The van der Waals surface area contributed by atoms with E-state index in [9.17, 15) is 0 Å². The lowest BCUT2D eigenvalue weighted by atomic mass is 9.91. The molecule has 5 nitrogen and oxygen atoms in total. The van der Waals surface area contributed by atoms with E-state index in [1.807, 2.05) is 18.3 Å². The molecule has 0 N–H and O–H groups in total. The predicted molar refractivity (Wildman–Crippen MR) is 99.6 cm³/mol. The average Bonchev–Trinajstić information content (AvgIpc) is 2.82. The predicted octanol–water partition coefficient (Wildman–Crippen LogP) is 3.99. The zero-order valence-corrected chi connectivity index (χ0v) is 15.0. The fraction of sp³-hybridized carbons (Fsp3) is 0.474. The molecule has 1 aliphatic carbocycles. The van der Waals surface area contributed by atoms with Crippen LogP contribution in [-0.4, -0.2) is 47.1 Å². The third-order valence-electron chi connectivity index (χ3n) is 5.10. The summed E-state index contributed by atoms with van der Waals surface area (Å²) in [5.41, 5.74) is 0. The number of halogens is 1. The smallest absolute Gasteiger partial charge is 0.237 e. The van der Waals surface area contributed by atoms with Gasteiger partial charge in [0.1, 0.15) is 11.6 Å². The molecule has 2 fully saturated rings. The number of rotatable bonds is 4. The monoisotopic (exact) mass is 358 g/mol. The molecule has 1 saturated heterocycles. The summed E-state index contributed by atoms with van der Waals surface area (Å²) in [6.45, 7) is 4.37. The fourth-order valence-electron chi connectivity index (χ4n) is 3.43. The van der Waals surface area contributed by atoms with E-state index in [2.05, 4.69) is 19.8 Å². The van der Waals surface area contributed by atoms with Gasteiger partial charge in [-0.05, 0) is 43.5 Å². The van der Waals surface area contributed by atoms with Crippen molar-refractivity contribution in [2.75, 3.05) is 31.1 Å². The molecule has 6 heteroatoms. The first-order chi connectivity index (χ1) is 12.3. The van der Waals surface area contributed by atoms with Gasteiger partial charge in [-0.1, -0.05) is 18.0 Å². The van der Waals surface area contributed by atoms with Gasteiger partial charge in [0.15, 0.2) is 0 Å².